The first-order chi connectivity index (χ1) is 6.40. The summed E-state index contributed by atoms with van der Waals surface area (Å²) in [6.45, 7) is 1.43. The van der Waals surface area contributed by atoms with E-state index in [-0.39, 0.29) is 0 Å². The number of hydrogen-bond acceptors (Lipinski definition) is 2. The van der Waals surface area contributed by atoms with Gasteiger partial charge in [0.1, 0.15) is 5.75 Å². The topological polar surface area (TPSA) is 35.2 Å². The molecule has 0 radical (unpaired) electrons. The van der Waals surface area contributed by atoms with Gasteiger partial charge in [0.05, 0.1) is 6.61 Å². The Kier molecular flexibility index (Phi) is 2.50. The third-order valence-corrected chi connectivity index (χ3v) is 2.46. The van der Waals surface area contributed by atoms with Gasteiger partial charge in [0, 0.05) is 0 Å². The summed E-state index contributed by atoms with van der Waals surface area (Å²) in [6.07, 6.45) is 3.37. The van der Waals surface area contributed by atoms with Crippen molar-refractivity contribution in [1.82, 2.24) is 0 Å². The lowest BCUT2D eigenvalue weighted by molar-refractivity contribution is 0.312. The Labute approximate surface area is 78.7 Å². The number of benzene rings is 1. The Morgan fingerprint density at radius 3 is 2.69 bits per heavy atom. The highest BCUT2D eigenvalue weighted by atomic mass is 16.5. The molecule has 2 rings (SSSR count). The molecule has 2 N–H and O–H groups in total. The van der Waals surface area contributed by atoms with Crippen LogP contribution in [0.4, 0.5) is 0 Å². The summed E-state index contributed by atoms with van der Waals surface area (Å²) in [5.74, 6) is 0.993. The number of hydrogen-bond donors (Lipinski definition) is 1. The van der Waals surface area contributed by atoms with Gasteiger partial charge in [-0.25, -0.2) is 0 Å². The van der Waals surface area contributed by atoms with Crippen molar-refractivity contribution in [2.75, 3.05) is 13.2 Å². The molecule has 0 fully saturated rings. The average Bonchev–Trinajstić information content (AvgIpc) is 2.10. The van der Waals surface area contributed by atoms with Gasteiger partial charge >= 0.3 is 0 Å². The minimum atomic E-state index is 0.699. The molecule has 0 amide bonds. The molecule has 1 aromatic carbocycles. The zero-order valence-electron chi connectivity index (χ0n) is 7.75. The smallest absolute Gasteiger partial charge is 0.119 e. The van der Waals surface area contributed by atoms with Gasteiger partial charge in [-0.15, -0.1) is 0 Å². The molecule has 1 aliphatic rings. The van der Waals surface area contributed by atoms with Crippen molar-refractivity contribution in [3.05, 3.63) is 29.3 Å². The Bertz CT molecular complexity index is 296. The minimum absolute atomic E-state index is 0.699. The molecular formula is C11H15NO. The van der Waals surface area contributed by atoms with E-state index in [4.69, 9.17) is 10.5 Å². The summed E-state index contributed by atoms with van der Waals surface area (Å²) in [4.78, 5) is 0. The molecule has 70 valence electrons. The van der Waals surface area contributed by atoms with Gasteiger partial charge in [0.25, 0.3) is 0 Å². The van der Waals surface area contributed by atoms with Crippen molar-refractivity contribution in [3.63, 3.8) is 0 Å². The van der Waals surface area contributed by atoms with Crippen LogP contribution in [0.1, 0.15) is 17.5 Å². The fraction of sp³-hybridized carbons (Fsp3) is 0.455. The number of rotatable bonds is 4. The predicted octanol–water partition coefficient (Wildman–Crippen LogP) is 1.51. The Morgan fingerprint density at radius 2 is 2.08 bits per heavy atom. The third-order valence-electron chi connectivity index (χ3n) is 2.46. The summed E-state index contributed by atoms with van der Waals surface area (Å²) in [6, 6.07) is 6.36. The van der Waals surface area contributed by atoms with Crippen LogP contribution >= 0.6 is 0 Å². The van der Waals surface area contributed by atoms with Crippen LogP contribution in [0.5, 0.6) is 5.75 Å². The van der Waals surface area contributed by atoms with Crippen molar-refractivity contribution in [2.45, 2.75) is 19.3 Å². The van der Waals surface area contributed by atoms with Crippen molar-refractivity contribution in [1.29, 1.82) is 0 Å². The largest absolute Gasteiger partial charge is 0.494 e. The lowest BCUT2D eigenvalue weighted by atomic mass is 9.89. The summed E-state index contributed by atoms with van der Waals surface area (Å²) in [5, 5.41) is 0. The van der Waals surface area contributed by atoms with Crippen LogP contribution in [-0.4, -0.2) is 13.2 Å². The third kappa shape index (κ3) is 1.83. The quantitative estimate of drug-likeness (QED) is 0.707. The van der Waals surface area contributed by atoms with E-state index in [9.17, 15) is 0 Å². The van der Waals surface area contributed by atoms with Crippen LogP contribution in [0, 0.1) is 0 Å². The first-order valence-corrected chi connectivity index (χ1v) is 4.85. The molecule has 0 spiro atoms. The van der Waals surface area contributed by atoms with Crippen molar-refractivity contribution in [3.8, 4) is 5.75 Å². The monoisotopic (exact) mass is 177 g/mol. The van der Waals surface area contributed by atoms with Crippen LogP contribution in [0.2, 0.25) is 0 Å². The van der Waals surface area contributed by atoms with Gasteiger partial charge in [-0.2, -0.15) is 0 Å². The molecule has 0 aliphatic heterocycles. The molecule has 1 aliphatic carbocycles. The first-order valence-electron chi connectivity index (χ1n) is 4.85. The second-order valence-electron chi connectivity index (χ2n) is 3.42. The van der Waals surface area contributed by atoms with E-state index < -0.39 is 0 Å². The zero-order valence-corrected chi connectivity index (χ0v) is 7.75. The van der Waals surface area contributed by atoms with Crippen LogP contribution in [0.15, 0.2) is 18.2 Å². The molecular weight excluding hydrogens is 162 g/mol. The highest BCUT2D eigenvalue weighted by Gasteiger charge is 2.12. The first kappa shape index (κ1) is 8.57. The van der Waals surface area contributed by atoms with Crippen molar-refractivity contribution < 1.29 is 4.74 Å². The highest BCUT2D eigenvalue weighted by Crippen LogP contribution is 2.26. The number of nitrogens with two attached hydrogens (primary N) is 1. The maximum atomic E-state index is 5.54. The lowest BCUT2D eigenvalue weighted by Gasteiger charge is -2.19. The van der Waals surface area contributed by atoms with E-state index in [1.54, 1.807) is 0 Å². The maximum Gasteiger partial charge on any atom is 0.119 e. The van der Waals surface area contributed by atoms with E-state index in [2.05, 4.69) is 18.2 Å². The standard InChI is InChI=1S/C11H15NO/c12-6-1-7-13-11-5-4-9-2-3-10(9)8-11/h4-5,8H,1-3,6-7,12H2. The van der Waals surface area contributed by atoms with Crippen LogP contribution in [0.25, 0.3) is 0 Å². The normalized spacial score (nSPS) is 13.3. The lowest BCUT2D eigenvalue weighted by Crippen LogP contribution is -2.09. The second kappa shape index (κ2) is 3.79. The van der Waals surface area contributed by atoms with Gasteiger partial charge in [-0.05, 0) is 49.1 Å². The molecule has 1 aromatic rings. The average molecular weight is 177 g/mol. The fourth-order valence-electron chi connectivity index (χ4n) is 1.53. The summed E-state index contributed by atoms with van der Waals surface area (Å²) < 4.78 is 5.54. The maximum absolute atomic E-state index is 5.54. The number of fused-ring (bicyclic) bond motifs is 1. The summed E-state index contributed by atoms with van der Waals surface area (Å²) >= 11 is 0. The minimum Gasteiger partial charge on any atom is -0.494 e. The molecule has 0 bridgehead atoms. The van der Waals surface area contributed by atoms with E-state index in [0.29, 0.717) is 6.54 Å². The second-order valence-corrected chi connectivity index (χ2v) is 3.42. The summed E-state index contributed by atoms with van der Waals surface area (Å²) in [7, 11) is 0. The SMILES string of the molecule is NCCCOc1ccc2c(c1)CC2. The molecule has 2 heteroatoms. The van der Waals surface area contributed by atoms with E-state index >= 15 is 0 Å². The van der Waals surface area contributed by atoms with Crippen molar-refractivity contribution in [2.24, 2.45) is 5.73 Å². The Hall–Kier alpha value is -1.02. The summed E-state index contributed by atoms with van der Waals surface area (Å²) in [5.41, 5.74) is 8.31. The van der Waals surface area contributed by atoms with Gasteiger partial charge in [0.2, 0.25) is 0 Å². The Balaban J connectivity index is 1.93. The van der Waals surface area contributed by atoms with Crippen LogP contribution < -0.4 is 10.5 Å². The molecule has 0 unspecified atom stereocenters. The van der Waals surface area contributed by atoms with Gasteiger partial charge in [-0.3, -0.25) is 0 Å². The molecule has 0 atom stereocenters. The van der Waals surface area contributed by atoms with E-state index in [1.807, 2.05) is 0 Å². The van der Waals surface area contributed by atoms with Crippen LogP contribution in [-0.2, 0) is 12.8 Å². The number of aryl methyl sites for hydroxylation is 2. The molecule has 0 heterocycles. The molecule has 13 heavy (non-hydrogen) atoms. The fourth-order valence-corrected chi connectivity index (χ4v) is 1.53. The van der Waals surface area contributed by atoms with Crippen molar-refractivity contribution >= 4 is 0 Å². The Morgan fingerprint density at radius 1 is 1.23 bits per heavy atom. The highest BCUT2D eigenvalue weighted by molar-refractivity contribution is 5.41. The zero-order chi connectivity index (χ0) is 9.10. The van der Waals surface area contributed by atoms with E-state index in [1.165, 1.54) is 24.0 Å². The predicted molar refractivity (Wildman–Crippen MR) is 53.0 cm³/mol. The molecule has 0 saturated heterocycles. The molecule has 0 aromatic heterocycles. The molecule has 2 nitrogen and oxygen atoms in total. The van der Waals surface area contributed by atoms with E-state index in [0.717, 1.165) is 18.8 Å². The van der Waals surface area contributed by atoms with Gasteiger partial charge < -0.3 is 10.5 Å². The number of ether oxygens (including phenoxy) is 1. The van der Waals surface area contributed by atoms with Crippen LogP contribution in [0.3, 0.4) is 0 Å². The van der Waals surface area contributed by atoms with Gasteiger partial charge in [-0.1, -0.05) is 6.07 Å². The van der Waals surface area contributed by atoms with Gasteiger partial charge in [0.15, 0.2) is 0 Å². The molecule has 0 saturated carbocycles.